The van der Waals surface area contributed by atoms with Crippen molar-refractivity contribution in [3.63, 3.8) is 0 Å². The molecular formula is C14H18FNO3. The monoisotopic (exact) mass is 267 g/mol. The topological polar surface area (TPSA) is 58.6 Å². The Balaban J connectivity index is 2.04. The first-order valence-corrected chi connectivity index (χ1v) is 6.21. The summed E-state index contributed by atoms with van der Waals surface area (Å²) >= 11 is 0. The molecule has 1 fully saturated rings. The van der Waals surface area contributed by atoms with Crippen LogP contribution in [0.1, 0.15) is 21.5 Å². The summed E-state index contributed by atoms with van der Waals surface area (Å²) in [6.45, 7) is 4.51. The Hall–Kier alpha value is -1.46. The molecule has 0 bridgehead atoms. The van der Waals surface area contributed by atoms with Crippen molar-refractivity contribution >= 4 is 5.91 Å². The van der Waals surface area contributed by atoms with Gasteiger partial charge in [0, 0.05) is 12.1 Å². The first-order valence-electron chi connectivity index (χ1n) is 6.21. The van der Waals surface area contributed by atoms with Crippen LogP contribution in [0.3, 0.4) is 0 Å². The number of halogens is 1. The number of aryl methyl sites for hydroxylation is 2. The SMILES string of the molecule is Cc1cc(C(=O)NCC2(CO)COC2)cc(C)c1F. The van der Waals surface area contributed by atoms with E-state index in [0.717, 1.165) is 0 Å². The zero-order valence-corrected chi connectivity index (χ0v) is 11.1. The second-order valence-electron chi connectivity index (χ2n) is 5.26. The summed E-state index contributed by atoms with van der Waals surface area (Å²) in [7, 11) is 0. The Morgan fingerprint density at radius 3 is 2.42 bits per heavy atom. The average molecular weight is 267 g/mol. The number of aliphatic hydroxyl groups excluding tert-OH is 1. The molecule has 0 aromatic heterocycles. The highest BCUT2D eigenvalue weighted by Gasteiger charge is 2.38. The molecule has 2 N–H and O–H groups in total. The van der Waals surface area contributed by atoms with Crippen LogP contribution in [0.4, 0.5) is 4.39 Å². The fourth-order valence-corrected chi connectivity index (χ4v) is 2.09. The highest BCUT2D eigenvalue weighted by atomic mass is 19.1. The number of amides is 1. The number of rotatable bonds is 4. The van der Waals surface area contributed by atoms with E-state index >= 15 is 0 Å². The molecule has 4 nitrogen and oxygen atoms in total. The molecule has 19 heavy (non-hydrogen) atoms. The maximum Gasteiger partial charge on any atom is 0.251 e. The van der Waals surface area contributed by atoms with Crippen molar-refractivity contribution in [2.75, 3.05) is 26.4 Å². The van der Waals surface area contributed by atoms with Crippen LogP contribution in [0.5, 0.6) is 0 Å². The van der Waals surface area contributed by atoms with E-state index in [4.69, 9.17) is 4.74 Å². The third kappa shape index (κ3) is 2.77. The van der Waals surface area contributed by atoms with Gasteiger partial charge in [-0.3, -0.25) is 4.79 Å². The molecular weight excluding hydrogens is 249 g/mol. The molecule has 0 radical (unpaired) electrons. The number of hydrogen-bond acceptors (Lipinski definition) is 3. The number of nitrogens with one attached hydrogen (secondary N) is 1. The Morgan fingerprint density at radius 2 is 2.00 bits per heavy atom. The summed E-state index contributed by atoms with van der Waals surface area (Å²) in [5.41, 5.74) is 0.979. The summed E-state index contributed by atoms with van der Waals surface area (Å²) in [4.78, 5) is 12.0. The van der Waals surface area contributed by atoms with Gasteiger partial charge in [-0.05, 0) is 37.1 Å². The van der Waals surface area contributed by atoms with Crippen LogP contribution in [-0.4, -0.2) is 37.4 Å². The Kier molecular flexibility index (Phi) is 3.87. The van der Waals surface area contributed by atoms with Gasteiger partial charge in [-0.25, -0.2) is 4.39 Å². The van der Waals surface area contributed by atoms with Crippen LogP contribution < -0.4 is 5.32 Å². The molecule has 0 saturated carbocycles. The average Bonchev–Trinajstić information content (AvgIpc) is 2.34. The van der Waals surface area contributed by atoms with Crippen molar-refractivity contribution < 1.29 is 19.0 Å². The summed E-state index contributed by atoms with van der Waals surface area (Å²) in [6.07, 6.45) is 0. The lowest BCUT2D eigenvalue weighted by Crippen LogP contribution is -2.53. The quantitative estimate of drug-likeness (QED) is 0.861. The molecule has 1 aromatic rings. The molecule has 1 amide bonds. The molecule has 1 heterocycles. The standard InChI is InChI=1S/C14H18FNO3/c1-9-3-11(4-10(2)12(9)15)13(18)16-5-14(6-17)7-19-8-14/h3-4,17H,5-8H2,1-2H3,(H,16,18). The van der Waals surface area contributed by atoms with Gasteiger partial charge in [-0.1, -0.05) is 0 Å². The van der Waals surface area contributed by atoms with Crippen molar-refractivity contribution in [1.29, 1.82) is 0 Å². The van der Waals surface area contributed by atoms with Crippen LogP contribution in [0.25, 0.3) is 0 Å². The van der Waals surface area contributed by atoms with Gasteiger partial charge >= 0.3 is 0 Å². The molecule has 0 unspecified atom stereocenters. The summed E-state index contributed by atoms with van der Waals surface area (Å²) in [6, 6.07) is 3.06. The maximum atomic E-state index is 13.5. The normalized spacial score (nSPS) is 16.8. The van der Waals surface area contributed by atoms with E-state index in [0.29, 0.717) is 36.4 Å². The lowest BCUT2D eigenvalue weighted by atomic mass is 9.87. The largest absolute Gasteiger partial charge is 0.396 e. The Bertz CT molecular complexity index is 469. The van der Waals surface area contributed by atoms with E-state index < -0.39 is 0 Å². The Morgan fingerprint density at radius 1 is 1.42 bits per heavy atom. The van der Waals surface area contributed by atoms with Crippen molar-refractivity contribution in [3.05, 3.63) is 34.6 Å². The first kappa shape index (κ1) is 14.0. The molecule has 1 aliphatic rings. The number of benzene rings is 1. The minimum Gasteiger partial charge on any atom is -0.396 e. The van der Waals surface area contributed by atoms with Gasteiger partial charge in [0.1, 0.15) is 5.82 Å². The molecule has 0 spiro atoms. The number of carbonyl (C=O) groups is 1. The highest BCUT2D eigenvalue weighted by Crippen LogP contribution is 2.25. The summed E-state index contributed by atoms with van der Waals surface area (Å²) in [5, 5.41) is 12.0. The van der Waals surface area contributed by atoms with Gasteiger partial charge < -0.3 is 15.2 Å². The van der Waals surface area contributed by atoms with Crippen molar-refractivity contribution in [3.8, 4) is 0 Å². The summed E-state index contributed by atoms with van der Waals surface area (Å²) < 4.78 is 18.5. The van der Waals surface area contributed by atoms with E-state index in [-0.39, 0.29) is 23.7 Å². The molecule has 0 atom stereocenters. The van der Waals surface area contributed by atoms with Gasteiger partial charge in [0.25, 0.3) is 5.91 Å². The number of ether oxygens (including phenoxy) is 1. The van der Waals surface area contributed by atoms with Crippen LogP contribution >= 0.6 is 0 Å². The maximum absolute atomic E-state index is 13.5. The Labute approximate surface area is 111 Å². The molecule has 2 rings (SSSR count). The van der Waals surface area contributed by atoms with Crippen LogP contribution in [0.15, 0.2) is 12.1 Å². The van der Waals surface area contributed by atoms with Gasteiger partial charge in [-0.15, -0.1) is 0 Å². The van der Waals surface area contributed by atoms with E-state index in [1.165, 1.54) is 12.1 Å². The van der Waals surface area contributed by atoms with Crippen LogP contribution in [0, 0.1) is 25.1 Å². The van der Waals surface area contributed by atoms with E-state index in [9.17, 15) is 14.3 Å². The predicted molar refractivity (Wildman–Crippen MR) is 68.5 cm³/mol. The van der Waals surface area contributed by atoms with E-state index in [2.05, 4.69) is 5.32 Å². The second kappa shape index (κ2) is 5.27. The zero-order chi connectivity index (χ0) is 14.0. The molecule has 1 aliphatic heterocycles. The molecule has 5 heteroatoms. The lowest BCUT2D eigenvalue weighted by Gasteiger charge is -2.39. The molecule has 1 aromatic carbocycles. The minimum absolute atomic E-state index is 0.0191. The lowest BCUT2D eigenvalue weighted by molar-refractivity contribution is -0.133. The fraction of sp³-hybridized carbons (Fsp3) is 0.500. The smallest absolute Gasteiger partial charge is 0.251 e. The van der Waals surface area contributed by atoms with Gasteiger partial charge in [0.2, 0.25) is 0 Å². The van der Waals surface area contributed by atoms with Crippen LogP contribution in [0.2, 0.25) is 0 Å². The highest BCUT2D eigenvalue weighted by molar-refractivity contribution is 5.94. The van der Waals surface area contributed by atoms with E-state index in [1.807, 2.05) is 0 Å². The number of aliphatic hydroxyl groups is 1. The van der Waals surface area contributed by atoms with Crippen molar-refractivity contribution in [2.24, 2.45) is 5.41 Å². The number of hydrogen-bond donors (Lipinski definition) is 2. The third-order valence-electron chi connectivity index (χ3n) is 3.47. The second-order valence-corrected chi connectivity index (χ2v) is 5.26. The van der Waals surface area contributed by atoms with Crippen LogP contribution in [-0.2, 0) is 4.74 Å². The molecule has 104 valence electrons. The third-order valence-corrected chi connectivity index (χ3v) is 3.47. The first-order chi connectivity index (χ1) is 8.97. The molecule has 1 saturated heterocycles. The zero-order valence-electron chi connectivity index (χ0n) is 11.1. The summed E-state index contributed by atoms with van der Waals surface area (Å²) in [5.74, 6) is -0.540. The fourth-order valence-electron chi connectivity index (χ4n) is 2.09. The van der Waals surface area contributed by atoms with Crippen molar-refractivity contribution in [1.82, 2.24) is 5.32 Å². The van der Waals surface area contributed by atoms with Gasteiger partial charge in [-0.2, -0.15) is 0 Å². The predicted octanol–water partition coefficient (Wildman–Crippen LogP) is 1.18. The van der Waals surface area contributed by atoms with Crippen molar-refractivity contribution in [2.45, 2.75) is 13.8 Å². The minimum atomic E-state index is -0.361. The molecule has 0 aliphatic carbocycles. The van der Waals surface area contributed by atoms with Gasteiger partial charge in [0.15, 0.2) is 0 Å². The van der Waals surface area contributed by atoms with E-state index in [1.54, 1.807) is 13.8 Å². The number of carbonyl (C=O) groups excluding carboxylic acids is 1. The van der Waals surface area contributed by atoms with Gasteiger partial charge in [0.05, 0.1) is 25.2 Å².